The van der Waals surface area contributed by atoms with Gasteiger partial charge in [0.25, 0.3) is 0 Å². The number of pyridine rings is 2. The largest absolute Gasteiger partial charge is 0.369 e. The number of aryl methyl sites for hydroxylation is 2. The van der Waals surface area contributed by atoms with Crippen molar-refractivity contribution >= 4 is 11.5 Å². The van der Waals surface area contributed by atoms with E-state index >= 15 is 0 Å². The highest BCUT2D eigenvalue weighted by Crippen LogP contribution is 2.32. The fraction of sp³-hybridized carbons (Fsp3) is 0.412. The molecule has 0 unspecified atom stereocenters. The van der Waals surface area contributed by atoms with Gasteiger partial charge in [0.2, 0.25) is 0 Å². The van der Waals surface area contributed by atoms with E-state index in [2.05, 4.69) is 41.2 Å². The van der Waals surface area contributed by atoms with E-state index in [1.165, 1.54) is 11.3 Å². The van der Waals surface area contributed by atoms with Crippen molar-refractivity contribution in [2.24, 2.45) is 0 Å². The average molecular weight is 282 g/mol. The van der Waals surface area contributed by atoms with Crippen LogP contribution < -0.4 is 10.2 Å². The van der Waals surface area contributed by atoms with Crippen molar-refractivity contribution in [2.75, 3.05) is 29.9 Å². The Hall–Kier alpha value is -2.10. The molecule has 3 heterocycles. The van der Waals surface area contributed by atoms with E-state index in [9.17, 15) is 0 Å². The SMILES string of the molecule is CCN1CCCNc2nc(-c3ccnc(C)c3)c(C)cc21. The van der Waals surface area contributed by atoms with E-state index in [0.29, 0.717) is 0 Å². The maximum atomic E-state index is 4.90. The fourth-order valence-corrected chi connectivity index (χ4v) is 2.88. The minimum absolute atomic E-state index is 0.981. The minimum Gasteiger partial charge on any atom is -0.369 e. The highest BCUT2D eigenvalue weighted by molar-refractivity contribution is 5.75. The van der Waals surface area contributed by atoms with Crippen LogP contribution in [0.15, 0.2) is 24.4 Å². The number of aromatic nitrogens is 2. The summed E-state index contributed by atoms with van der Waals surface area (Å²) in [4.78, 5) is 11.6. The lowest BCUT2D eigenvalue weighted by atomic mass is 10.1. The number of hydrogen-bond acceptors (Lipinski definition) is 4. The predicted molar refractivity (Wildman–Crippen MR) is 87.9 cm³/mol. The van der Waals surface area contributed by atoms with Crippen LogP contribution in [-0.4, -0.2) is 29.6 Å². The second kappa shape index (κ2) is 5.72. The molecule has 0 bridgehead atoms. The van der Waals surface area contributed by atoms with Gasteiger partial charge in [0.1, 0.15) is 5.82 Å². The van der Waals surface area contributed by atoms with Gasteiger partial charge in [-0.2, -0.15) is 0 Å². The topological polar surface area (TPSA) is 41.0 Å². The maximum Gasteiger partial charge on any atom is 0.150 e. The van der Waals surface area contributed by atoms with Crippen LogP contribution in [0.25, 0.3) is 11.3 Å². The molecule has 0 aromatic carbocycles. The summed E-state index contributed by atoms with van der Waals surface area (Å²) in [7, 11) is 0. The first-order valence-electron chi connectivity index (χ1n) is 7.62. The molecule has 0 spiro atoms. The van der Waals surface area contributed by atoms with Gasteiger partial charge in [-0.25, -0.2) is 4.98 Å². The lowest BCUT2D eigenvalue weighted by molar-refractivity contribution is 0.786. The molecule has 1 aliphatic heterocycles. The van der Waals surface area contributed by atoms with E-state index in [1.54, 1.807) is 0 Å². The molecule has 0 aliphatic carbocycles. The summed E-state index contributed by atoms with van der Waals surface area (Å²) >= 11 is 0. The molecule has 2 aromatic heterocycles. The third-order valence-electron chi connectivity index (χ3n) is 3.98. The van der Waals surface area contributed by atoms with Crippen molar-refractivity contribution in [1.29, 1.82) is 0 Å². The molecule has 21 heavy (non-hydrogen) atoms. The first-order valence-corrected chi connectivity index (χ1v) is 7.62. The summed E-state index contributed by atoms with van der Waals surface area (Å²) in [6, 6.07) is 6.38. The molecule has 4 heteroatoms. The second-order valence-corrected chi connectivity index (χ2v) is 5.57. The molecular formula is C17H22N4. The van der Waals surface area contributed by atoms with Crippen LogP contribution in [0.4, 0.5) is 11.5 Å². The van der Waals surface area contributed by atoms with E-state index in [0.717, 1.165) is 48.8 Å². The van der Waals surface area contributed by atoms with Gasteiger partial charge in [0, 0.05) is 37.1 Å². The van der Waals surface area contributed by atoms with Crippen molar-refractivity contribution in [3.63, 3.8) is 0 Å². The monoisotopic (exact) mass is 282 g/mol. The number of nitrogens with zero attached hydrogens (tertiary/aromatic N) is 3. The zero-order chi connectivity index (χ0) is 14.8. The van der Waals surface area contributed by atoms with Gasteiger partial charge in [0.15, 0.2) is 0 Å². The summed E-state index contributed by atoms with van der Waals surface area (Å²) in [5.41, 5.74) is 5.64. The Morgan fingerprint density at radius 1 is 1.29 bits per heavy atom. The maximum absolute atomic E-state index is 4.90. The summed E-state index contributed by atoms with van der Waals surface area (Å²) in [5.74, 6) is 1.00. The summed E-state index contributed by atoms with van der Waals surface area (Å²) in [6.45, 7) is 9.43. The van der Waals surface area contributed by atoms with Crippen LogP contribution >= 0.6 is 0 Å². The Morgan fingerprint density at radius 3 is 2.90 bits per heavy atom. The van der Waals surface area contributed by atoms with Crippen LogP contribution in [-0.2, 0) is 0 Å². The third-order valence-corrected chi connectivity index (χ3v) is 3.98. The van der Waals surface area contributed by atoms with Gasteiger partial charge in [-0.1, -0.05) is 0 Å². The van der Waals surface area contributed by atoms with Gasteiger partial charge in [-0.15, -0.1) is 0 Å². The lowest BCUT2D eigenvalue weighted by Gasteiger charge is -2.23. The first-order chi connectivity index (χ1) is 10.2. The van der Waals surface area contributed by atoms with Crippen LogP contribution in [0.3, 0.4) is 0 Å². The average Bonchev–Trinajstić information content (AvgIpc) is 2.68. The second-order valence-electron chi connectivity index (χ2n) is 5.57. The molecule has 3 rings (SSSR count). The molecule has 1 aliphatic rings. The van der Waals surface area contributed by atoms with Crippen LogP contribution in [0.1, 0.15) is 24.6 Å². The molecule has 4 nitrogen and oxygen atoms in total. The standard InChI is InChI=1S/C17H22N4/c1-4-21-9-5-7-19-17-15(21)10-12(2)16(20-17)14-6-8-18-13(3)11-14/h6,8,10-11H,4-5,7,9H2,1-3H3,(H,19,20). The molecule has 0 amide bonds. The Bertz CT molecular complexity index is 651. The molecule has 1 N–H and O–H groups in total. The van der Waals surface area contributed by atoms with Crippen LogP contribution in [0.5, 0.6) is 0 Å². The van der Waals surface area contributed by atoms with Crippen molar-refractivity contribution in [3.05, 3.63) is 35.7 Å². The molecule has 0 fully saturated rings. The van der Waals surface area contributed by atoms with Crippen LogP contribution in [0, 0.1) is 13.8 Å². The van der Waals surface area contributed by atoms with Gasteiger partial charge in [0.05, 0.1) is 11.4 Å². The third kappa shape index (κ3) is 2.71. The number of rotatable bonds is 2. The molecular weight excluding hydrogens is 260 g/mol. The normalized spacial score (nSPS) is 14.3. The zero-order valence-electron chi connectivity index (χ0n) is 13.0. The highest BCUT2D eigenvalue weighted by Gasteiger charge is 2.17. The van der Waals surface area contributed by atoms with Crippen molar-refractivity contribution in [3.8, 4) is 11.3 Å². The quantitative estimate of drug-likeness (QED) is 0.916. The molecule has 2 aromatic rings. The molecule has 110 valence electrons. The lowest BCUT2D eigenvalue weighted by Crippen LogP contribution is -2.23. The Balaban J connectivity index is 2.10. The number of hydrogen-bond donors (Lipinski definition) is 1. The minimum atomic E-state index is 0.981. The van der Waals surface area contributed by atoms with E-state index < -0.39 is 0 Å². The van der Waals surface area contributed by atoms with Gasteiger partial charge < -0.3 is 10.2 Å². The summed E-state index contributed by atoms with van der Waals surface area (Å²) in [6.07, 6.45) is 3.00. The highest BCUT2D eigenvalue weighted by atomic mass is 15.2. The van der Waals surface area contributed by atoms with Crippen molar-refractivity contribution < 1.29 is 0 Å². The number of anilines is 2. The van der Waals surface area contributed by atoms with Gasteiger partial charge >= 0.3 is 0 Å². The summed E-state index contributed by atoms with van der Waals surface area (Å²) < 4.78 is 0. The zero-order valence-corrected chi connectivity index (χ0v) is 13.0. The Kier molecular flexibility index (Phi) is 3.78. The first kappa shape index (κ1) is 13.9. The van der Waals surface area contributed by atoms with Gasteiger partial charge in [-0.05, 0) is 51.0 Å². The smallest absolute Gasteiger partial charge is 0.150 e. The number of nitrogens with one attached hydrogen (secondary N) is 1. The fourth-order valence-electron chi connectivity index (χ4n) is 2.88. The molecule has 0 saturated heterocycles. The van der Waals surface area contributed by atoms with E-state index in [4.69, 9.17) is 4.98 Å². The van der Waals surface area contributed by atoms with Gasteiger partial charge in [-0.3, -0.25) is 4.98 Å². The predicted octanol–water partition coefficient (Wildman–Crippen LogP) is 3.40. The van der Waals surface area contributed by atoms with Crippen molar-refractivity contribution in [1.82, 2.24) is 9.97 Å². The van der Waals surface area contributed by atoms with Crippen molar-refractivity contribution in [2.45, 2.75) is 27.2 Å². The van der Waals surface area contributed by atoms with E-state index in [-0.39, 0.29) is 0 Å². The number of fused-ring (bicyclic) bond motifs is 1. The molecule has 0 saturated carbocycles. The molecule has 0 atom stereocenters. The Labute approximate surface area is 126 Å². The molecule has 0 radical (unpaired) electrons. The van der Waals surface area contributed by atoms with E-state index in [1.807, 2.05) is 19.2 Å². The Morgan fingerprint density at radius 2 is 2.14 bits per heavy atom. The summed E-state index contributed by atoms with van der Waals surface area (Å²) in [5, 5.41) is 3.47. The van der Waals surface area contributed by atoms with Crippen LogP contribution in [0.2, 0.25) is 0 Å².